The molecule has 0 bridgehead atoms. The molecule has 0 saturated carbocycles. The van der Waals surface area contributed by atoms with Gasteiger partial charge in [0.25, 0.3) is 0 Å². The molecule has 120 valence electrons. The van der Waals surface area contributed by atoms with Crippen LogP contribution in [0.4, 0.5) is 8.78 Å². The minimum atomic E-state index is -1.21. The second-order valence-corrected chi connectivity index (χ2v) is 5.48. The van der Waals surface area contributed by atoms with Gasteiger partial charge in [0.05, 0.1) is 5.69 Å². The molecule has 0 radical (unpaired) electrons. The van der Waals surface area contributed by atoms with Gasteiger partial charge in [-0.3, -0.25) is 0 Å². The fourth-order valence-electron chi connectivity index (χ4n) is 3.04. The second-order valence-electron chi connectivity index (χ2n) is 5.48. The normalized spacial score (nSPS) is 12.2. The number of para-hydroxylation sites is 1. The summed E-state index contributed by atoms with van der Waals surface area (Å²) < 4.78 is 32.9. The van der Waals surface area contributed by atoms with Gasteiger partial charge < -0.3 is 14.8 Å². The van der Waals surface area contributed by atoms with E-state index in [9.17, 15) is 18.7 Å². The zero-order valence-electron chi connectivity index (χ0n) is 12.3. The van der Waals surface area contributed by atoms with Gasteiger partial charge in [0.1, 0.15) is 29.7 Å². The zero-order chi connectivity index (χ0) is 16.8. The van der Waals surface area contributed by atoms with Crippen molar-refractivity contribution in [1.29, 1.82) is 0 Å². The average molecular weight is 327 g/mol. The van der Waals surface area contributed by atoms with Gasteiger partial charge in [-0.05, 0) is 29.8 Å². The minimum absolute atomic E-state index is 0.115. The number of hydrogen-bond acceptors (Lipinski definition) is 2. The molecule has 24 heavy (non-hydrogen) atoms. The molecule has 3 aromatic rings. The fraction of sp³-hybridized carbons (Fsp3) is 0.0556. The first-order chi connectivity index (χ1) is 11.5. The zero-order valence-corrected chi connectivity index (χ0v) is 12.3. The van der Waals surface area contributed by atoms with Crippen molar-refractivity contribution in [3.05, 3.63) is 65.4 Å². The highest BCUT2D eigenvalue weighted by Crippen LogP contribution is 2.43. The van der Waals surface area contributed by atoms with Gasteiger partial charge in [0.15, 0.2) is 0 Å². The van der Waals surface area contributed by atoms with Gasteiger partial charge in [0, 0.05) is 22.8 Å². The van der Waals surface area contributed by atoms with Gasteiger partial charge in [0.2, 0.25) is 0 Å². The van der Waals surface area contributed by atoms with Crippen LogP contribution in [0.1, 0.15) is 16.1 Å². The third-order valence-electron chi connectivity index (χ3n) is 4.00. The van der Waals surface area contributed by atoms with Crippen molar-refractivity contribution in [3.8, 4) is 28.1 Å². The third-order valence-corrected chi connectivity index (χ3v) is 4.00. The van der Waals surface area contributed by atoms with Gasteiger partial charge in [-0.25, -0.2) is 13.6 Å². The maximum Gasteiger partial charge on any atom is 0.352 e. The van der Waals surface area contributed by atoms with Crippen LogP contribution >= 0.6 is 0 Å². The van der Waals surface area contributed by atoms with Crippen LogP contribution in [0.25, 0.3) is 22.4 Å². The molecule has 2 N–H and O–H groups in total. The largest absolute Gasteiger partial charge is 0.488 e. The Labute approximate surface area is 135 Å². The molecule has 1 aromatic heterocycles. The summed E-state index contributed by atoms with van der Waals surface area (Å²) in [6.45, 7) is 0.115. The maximum atomic E-state index is 13.6. The predicted molar refractivity (Wildman–Crippen MR) is 82.9 cm³/mol. The summed E-state index contributed by atoms with van der Waals surface area (Å²) in [6, 6.07) is 10.2. The van der Waals surface area contributed by atoms with E-state index in [0.29, 0.717) is 22.6 Å². The Kier molecular flexibility index (Phi) is 3.13. The molecule has 0 aliphatic carbocycles. The minimum Gasteiger partial charge on any atom is -0.488 e. The van der Waals surface area contributed by atoms with Crippen LogP contribution < -0.4 is 4.74 Å². The van der Waals surface area contributed by atoms with Crippen LogP contribution in [-0.2, 0) is 6.61 Å². The van der Waals surface area contributed by atoms with E-state index in [1.165, 1.54) is 0 Å². The molecular formula is C18H11F2NO3. The summed E-state index contributed by atoms with van der Waals surface area (Å²) in [7, 11) is 0. The number of carbonyl (C=O) groups is 1. The van der Waals surface area contributed by atoms with E-state index in [2.05, 4.69) is 4.98 Å². The molecule has 0 atom stereocenters. The van der Waals surface area contributed by atoms with E-state index in [1.807, 2.05) is 6.07 Å². The second kappa shape index (κ2) is 5.19. The third kappa shape index (κ3) is 2.15. The number of aromatic amines is 1. The molecule has 1 aliphatic rings. The lowest BCUT2D eigenvalue weighted by Gasteiger charge is -2.18. The van der Waals surface area contributed by atoms with E-state index >= 15 is 0 Å². The fourth-order valence-corrected chi connectivity index (χ4v) is 3.04. The highest BCUT2D eigenvalue weighted by Gasteiger charge is 2.28. The van der Waals surface area contributed by atoms with Crippen molar-refractivity contribution < 1.29 is 23.4 Å². The van der Waals surface area contributed by atoms with Crippen LogP contribution in [0, 0.1) is 11.6 Å². The number of halogens is 2. The molecule has 2 heterocycles. The highest BCUT2D eigenvalue weighted by atomic mass is 19.1. The number of aromatic nitrogens is 1. The lowest BCUT2D eigenvalue weighted by Crippen LogP contribution is -2.05. The maximum absolute atomic E-state index is 13.6. The van der Waals surface area contributed by atoms with Crippen molar-refractivity contribution in [1.82, 2.24) is 4.98 Å². The summed E-state index contributed by atoms with van der Waals surface area (Å²) in [5.41, 5.74) is 2.15. The Morgan fingerprint density at radius 2 is 1.83 bits per heavy atom. The Hall–Kier alpha value is -3.15. The molecule has 0 saturated heterocycles. The first-order valence-electron chi connectivity index (χ1n) is 7.21. The number of carboxylic acid groups (broad SMARTS) is 1. The molecule has 4 rings (SSSR count). The molecule has 0 unspecified atom stereocenters. The molecular weight excluding hydrogens is 316 g/mol. The van der Waals surface area contributed by atoms with E-state index in [-0.39, 0.29) is 23.4 Å². The van der Waals surface area contributed by atoms with Crippen molar-refractivity contribution in [2.75, 3.05) is 0 Å². The Balaban J connectivity index is 2.02. The van der Waals surface area contributed by atoms with Crippen LogP contribution in [0.5, 0.6) is 5.75 Å². The van der Waals surface area contributed by atoms with Crippen LogP contribution in [0.15, 0.2) is 42.5 Å². The number of hydrogen-bond donors (Lipinski definition) is 2. The molecule has 2 aromatic carbocycles. The molecule has 1 aliphatic heterocycles. The number of benzene rings is 2. The van der Waals surface area contributed by atoms with E-state index in [4.69, 9.17) is 4.74 Å². The SMILES string of the molecule is O=C(O)c1[nH]c2c(c1-c1cc(F)cc(F)c1)COc1ccccc1-2. The molecule has 6 heteroatoms. The Morgan fingerprint density at radius 3 is 2.54 bits per heavy atom. The summed E-state index contributed by atoms with van der Waals surface area (Å²) in [4.78, 5) is 14.5. The molecule has 4 nitrogen and oxygen atoms in total. The van der Waals surface area contributed by atoms with Gasteiger partial charge in [-0.1, -0.05) is 12.1 Å². The van der Waals surface area contributed by atoms with Crippen molar-refractivity contribution in [2.45, 2.75) is 6.61 Å². The predicted octanol–water partition coefficient (Wildman–Crippen LogP) is 4.22. The smallest absolute Gasteiger partial charge is 0.352 e. The summed E-state index contributed by atoms with van der Waals surface area (Å²) in [5, 5.41) is 9.50. The van der Waals surface area contributed by atoms with E-state index in [0.717, 1.165) is 18.2 Å². The number of rotatable bonds is 2. The number of ether oxygens (including phenoxy) is 1. The molecule has 0 spiro atoms. The van der Waals surface area contributed by atoms with E-state index < -0.39 is 17.6 Å². The molecule has 0 amide bonds. The topological polar surface area (TPSA) is 62.3 Å². The Morgan fingerprint density at radius 1 is 1.12 bits per heavy atom. The first-order valence-corrected chi connectivity index (χ1v) is 7.21. The van der Waals surface area contributed by atoms with Gasteiger partial charge in [-0.2, -0.15) is 0 Å². The van der Waals surface area contributed by atoms with Crippen molar-refractivity contribution in [2.24, 2.45) is 0 Å². The number of nitrogens with one attached hydrogen (secondary N) is 1. The van der Waals surface area contributed by atoms with Crippen LogP contribution in [-0.4, -0.2) is 16.1 Å². The number of fused-ring (bicyclic) bond motifs is 3. The summed E-state index contributed by atoms with van der Waals surface area (Å²) >= 11 is 0. The van der Waals surface area contributed by atoms with Crippen LogP contribution in [0.3, 0.4) is 0 Å². The first kappa shape index (κ1) is 14.4. The van der Waals surface area contributed by atoms with Crippen LogP contribution in [0.2, 0.25) is 0 Å². The van der Waals surface area contributed by atoms with E-state index in [1.54, 1.807) is 18.2 Å². The molecule has 0 fully saturated rings. The lowest BCUT2D eigenvalue weighted by atomic mass is 9.96. The van der Waals surface area contributed by atoms with Gasteiger partial charge in [-0.15, -0.1) is 0 Å². The summed E-state index contributed by atoms with van der Waals surface area (Å²) in [5.74, 6) is -2.12. The highest BCUT2D eigenvalue weighted by molar-refractivity contribution is 5.98. The monoisotopic (exact) mass is 327 g/mol. The number of aromatic carboxylic acids is 1. The van der Waals surface area contributed by atoms with Crippen molar-refractivity contribution in [3.63, 3.8) is 0 Å². The lowest BCUT2D eigenvalue weighted by molar-refractivity contribution is 0.0692. The number of carboxylic acids is 1. The average Bonchev–Trinajstić information content (AvgIpc) is 2.94. The van der Waals surface area contributed by atoms with Gasteiger partial charge >= 0.3 is 5.97 Å². The Bertz CT molecular complexity index is 958. The van der Waals surface area contributed by atoms with Crippen molar-refractivity contribution >= 4 is 5.97 Å². The standard InChI is InChI=1S/C18H11F2NO3/c19-10-5-9(6-11(20)7-10)15-13-8-24-14-4-2-1-3-12(14)16(13)21-17(15)18(22)23/h1-7,21H,8H2,(H,22,23). The summed E-state index contributed by atoms with van der Waals surface area (Å²) in [6.07, 6.45) is 0. The number of H-pyrrole nitrogens is 1. The quantitative estimate of drug-likeness (QED) is 0.741.